The number of nitrogens with zero attached hydrogens (tertiary/aromatic N) is 5. The molecule has 0 amide bonds. The molecule has 0 spiro atoms. The van der Waals surface area contributed by atoms with Gasteiger partial charge in [-0.25, -0.2) is 9.97 Å². The Morgan fingerprint density at radius 1 is 0.861 bits per heavy atom. The van der Waals surface area contributed by atoms with Crippen molar-refractivity contribution < 1.29 is 4.74 Å². The number of imidazole rings is 1. The number of pyridine rings is 1. The molecule has 0 bridgehead atoms. The highest BCUT2D eigenvalue weighted by Gasteiger charge is 2.21. The van der Waals surface area contributed by atoms with E-state index in [9.17, 15) is 0 Å². The summed E-state index contributed by atoms with van der Waals surface area (Å²) in [5.74, 6) is 2.76. The predicted molar refractivity (Wildman–Crippen MR) is 143 cm³/mol. The zero-order valence-electron chi connectivity index (χ0n) is 20.1. The zero-order valence-corrected chi connectivity index (χ0v) is 20.1. The first-order valence-corrected chi connectivity index (χ1v) is 12.6. The maximum absolute atomic E-state index is 5.86. The fourth-order valence-corrected chi connectivity index (χ4v) is 4.90. The van der Waals surface area contributed by atoms with Gasteiger partial charge in [0.2, 0.25) is 5.95 Å². The summed E-state index contributed by atoms with van der Waals surface area (Å²) < 4.78 is 8.08. The molecule has 2 N–H and O–H groups in total. The molecular formula is C28H29N7O. The molecule has 182 valence electrons. The van der Waals surface area contributed by atoms with E-state index in [0.29, 0.717) is 31.0 Å². The molecule has 3 heterocycles. The molecule has 0 saturated heterocycles. The normalized spacial score (nSPS) is 14.2. The number of aromatic nitrogens is 5. The minimum Gasteiger partial charge on any atom is -0.492 e. The number of ether oxygens (including phenoxy) is 1. The molecule has 0 radical (unpaired) electrons. The molecule has 1 aliphatic rings. The quantitative estimate of drug-likeness (QED) is 0.259. The molecule has 6 rings (SSSR count). The van der Waals surface area contributed by atoms with Gasteiger partial charge in [-0.2, -0.15) is 9.97 Å². The van der Waals surface area contributed by atoms with Crippen molar-refractivity contribution in [1.82, 2.24) is 24.5 Å². The lowest BCUT2D eigenvalue weighted by Crippen LogP contribution is -2.15. The third kappa shape index (κ3) is 4.66. The minimum atomic E-state index is 0.413. The van der Waals surface area contributed by atoms with Crippen LogP contribution < -0.4 is 15.4 Å². The standard InChI is InChI=1S/C28H29N7O/c1-3-10-21(11-4-1)35-19-31-24-26(30-17-18-36-22-12-5-2-6-13-22)33-28(34-27(24)35)32-25-23-14-8-7-9-20(23)15-16-29-25/h2,5-9,12-16,19,21H,1,3-4,10-11,17-18H2,(H2,29,30,32,33,34). The van der Waals surface area contributed by atoms with Crippen LogP contribution in [-0.4, -0.2) is 37.7 Å². The molecule has 2 aromatic carbocycles. The largest absolute Gasteiger partial charge is 0.492 e. The number of anilines is 3. The first-order chi connectivity index (χ1) is 17.8. The second-order valence-electron chi connectivity index (χ2n) is 9.11. The maximum atomic E-state index is 5.86. The molecule has 3 aromatic heterocycles. The Morgan fingerprint density at radius 3 is 2.58 bits per heavy atom. The lowest BCUT2D eigenvalue weighted by molar-refractivity contribution is 0.333. The molecule has 5 aromatic rings. The number of hydrogen-bond donors (Lipinski definition) is 2. The van der Waals surface area contributed by atoms with Crippen LogP contribution in [0.4, 0.5) is 17.6 Å². The summed E-state index contributed by atoms with van der Waals surface area (Å²) in [6.45, 7) is 1.09. The number of benzene rings is 2. The number of rotatable bonds is 8. The van der Waals surface area contributed by atoms with Crippen LogP contribution in [-0.2, 0) is 0 Å². The SMILES string of the molecule is c1ccc(OCCNc2nc(Nc3nccc4ccccc34)nc3c2ncn3C2CCCCC2)cc1. The van der Waals surface area contributed by atoms with E-state index >= 15 is 0 Å². The molecule has 36 heavy (non-hydrogen) atoms. The summed E-state index contributed by atoms with van der Waals surface area (Å²) in [5.41, 5.74) is 1.61. The van der Waals surface area contributed by atoms with Gasteiger partial charge in [-0.05, 0) is 36.4 Å². The van der Waals surface area contributed by atoms with Gasteiger partial charge in [0.15, 0.2) is 17.0 Å². The highest BCUT2D eigenvalue weighted by atomic mass is 16.5. The van der Waals surface area contributed by atoms with E-state index in [1.54, 1.807) is 6.20 Å². The monoisotopic (exact) mass is 479 g/mol. The Kier molecular flexibility index (Phi) is 6.31. The molecule has 8 heteroatoms. The Morgan fingerprint density at radius 2 is 1.69 bits per heavy atom. The lowest BCUT2D eigenvalue weighted by Gasteiger charge is -2.23. The smallest absolute Gasteiger partial charge is 0.232 e. The van der Waals surface area contributed by atoms with E-state index in [1.807, 2.05) is 54.9 Å². The Balaban J connectivity index is 1.31. The lowest BCUT2D eigenvalue weighted by atomic mass is 9.95. The van der Waals surface area contributed by atoms with Crippen LogP contribution >= 0.6 is 0 Å². The Bertz CT molecular complexity index is 1460. The predicted octanol–water partition coefficient (Wildman–Crippen LogP) is 6.11. The van der Waals surface area contributed by atoms with Gasteiger partial charge >= 0.3 is 0 Å². The van der Waals surface area contributed by atoms with Gasteiger partial charge in [-0.1, -0.05) is 61.7 Å². The van der Waals surface area contributed by atoms with Crippen LogP contribution in [0.15, 0.2) is 73.2 Å². The fraction of sp³-hybridized carbons (Fsp3) is 0.286. The number of hydrogen-bond acceptors (Lipinski definition) is 7. The van der Waals surface area contributed by atoms with E-state index in [4.69, 9.17) is 19.7 Å². The first kappa shape index (κ1) is 22.3. The van der Waals surface area contributed by atoms with Crippen molar-refractivity contribution >= 4 is 39.5 Å². The van der Waals surface area contributed by atoms with Gasteiger partial charge in [-0.15, -0.1) is 0 Å². The van der Waals surface area contributed by atoms with E-state index in [1.165, 1.54) is 19.3 Å². The Hall–Kier alpha value is -4.20. The van der Waals surface area contributed by atoms with Crippen LogP contribution in [0.5, 0.6) is 5.75 Å². The summed E-state index contributed by atoms with van der Waals surface area (Å²) in [6, 6.07) is 20.4. The van der Waals surface area contributed by atoms with Gasteiger partial charge in [0.05, 0.1) is 12.9 Å². The van der Waals surface area contributed by atoms with Crippen LogP contribution in [0, 0.1) is 0 Å². The molecule has 8 nitrogen and oxygen atoms in total. The molecule has 1 saturated carbocycles. The summed E-state index contributed by atoms with van der Waals surface area (Å²) in [4.78, 5) is 19.0. The minimum absolute atomic E-state index is 0.413. The molecule has 1 aliphatic carbocycles. The highest BCUT2D eigenvalue weighted by Crippen LogP contribution is 2.32. The van der Waals surface area contributed by atoms with Gasteiger partial charge in [0, 0.05) is 17.6 Å². The summed E-state index contributed by atoms with van der Waals surface area (Å²) in [7, 11) is 0. The maximum Gasteiger partial charge on any atom is 0.232 e. The van der Waals surface area contributed by atoms with Crippen LogP contribution in [0.1, 0.15) is 38.1 Å². The topological polar surface area (TPSA) is 89.8 Å². The second-order valence-corrected chi connectivity index (χ2v) is 9.11. The summed E-state index contributed by atoms with van der Waals surface area (Å²) in [6.07, 6.45) is 9.79. The van der Waals surface area contributed by atoms with Crippen molar-refractivity contribution in [3.05, 3.63) is 73.2 Å². The van der Waals surface area contributed by atoms with E-state index in [-0.39, 0.29) is 0 Å². The zero-order chi connectivity index (χ0) is 24.2. The fourth-order valence-electron chi connectivity index (χ4n) is 4.90. The van der Waals surface area contributed by atoms with Crippen LogP contribution in [0.3, 0.4) is 0 Å². The van der Waals surface area contributed by atoms with Crippen molar-refractivity contribution in [3.63, 3.8) is 0 Å². The van der Waals surface area contributed by atoms with Crippen LogP contribution in [0.2, 0.25) is 0 Å². The van der Waals surface area contributed by atoms with Gasteiger partial charge < -0.3 is 19.9 Å². The average molecular weight is 480 g/mol. The van der Waals surface area contributed by atoms with Crippen molar-refractivity contribution in [1.29, 1.82) is 0 Å². The van der Waals surface area contributed by atoms with E-state index in [2.05, 4.69) is 32.3 Å². The summed E-state index contributed by atoms with van der Waals surface area (Å²) >= 11 is 0. The molecule has 0 unspecified atom stereocenters. The van der Waals surface area contributed by atoms with Gasteiger partial charge in [0.25, 0.3) is 0 Å². The summed E-state index contributed by atoms with van der Waals surface area (Å²) in [5, 5.41) is 8.93. The van der Waals surface area contributed by atoms with Crippen LogP contribution in [0.25, 0.3) is 21.9 Å². The average Bonchev–Trinajstić information content (AvgIpc) is 3.36. The number of nitrogens with one attached hydrogen (secondary N) is 2. The Labute approximate surface area is 209 Å². The third-order valence-corrected chi connectivity index (χ3v) is 6.70. The van der Waals surface area contributed by atoms with Crippen molar-refractivity contribution in [3.8, 4) is 5.75 Å². The van der Waals surface area contributed by atoms with E-state index in [0.717, 1.165) is 46.3 Å². The third-order valence-electron chi connectivity index (χ3n) is 6.70. The molecule has 0 atom stereocenters. The van der Waals surface area contributed by atoms with Gasteiger partial charge in [0.1, 0.15) is 18.2 Å². The number of fused-ring (bicyclic) bond motifs is 2. The molecular weight excluding hydrogens is 450 g/mol. The number of para-hydroxylation sites is 1. The van der Waals surface area contributed by atoms with Crippen molar-refractivity contribution in [2.75, 3.05) is 23.8 Å². The second kappa shape index (κ2) is 10.2. The molecule has 0 aliphatic heterocycles. The van der Waals surface area contributed by atoms with Crippen molar-refractivity contribution in [2.24, 2.45) is 0 Å². The first-order valence-electron chi connectivity index (χ1n) is 12.6. The van der Waals surface area contributed by atoms with Crippen molar-refractivity contribution in [2.45, 2.75) is 38.1 Å². The van der Waals surface area contributed by atoms with Gasteiger partial charge in [-0.3, -0.25) is 0 Å². The highest BCUT2D eigenvalue weighted by molar-refractivity contribution is 5.93. The van der Waals surface area contributed by atoms with E-state index < -0.39 is 0 Å². The molecule has 1 fully saturated rings.